The fourth-order valence-corrected chi connectivity index (χ4v) is 3.27. The zero-order valence-electron chi connectivity index (χ0n) is 15.9. The molecule has 2 rings (SSSR count). The van der Waals surface area contributed by atoms with E-state index in [1.165, 1.54) is 12.1 Å². The molecule has 0 fully saturated rings. The number of aromatic nitrogens is 2. The van der Waals surface area contributed by atoms with E-state index < -0.39 is 10.0 Å². The molecule has 148 valence electrons. The minimum atomic E-state index is -3.55. The Bertz CT molecular complexity index is 842. The largest absolute Gasteiger partial charge is 0.355 e. The van der Waals surface area contributed by atoms with Crippen molar-refractivity contribution in [2.45, 2.75) is 50.3 Å². The summed E-state index contributed by atoms with van der Waals surface area (Å²) < 4.78 is 31.7. The van der Waals surface area contributed by atoms with Gasteiger partial charge in [-0.2, -0.15) is 4.98 Å². The Labute approximate surface area is 159 Å². The van der Waals surface area contributed by atoms with Crippen molar-refractivity contribution >= 4 is 15.9 Å². The number of amides is 1. The molecule has 0 saturated carbocycles. The average molecular weight is 394 g/mol. The monoisotopic (exact) mass is 394 g/mol. The second kappa shape index (κ2) is 9.09. The molecule has 1 aromatic carbocycles. The zero-order valence-corrected chi connectivity index (χ0v) is 16.7. The Hall–Kier alpha value is -2.26. The van der Waals surface area contributed by atoms with Crippen molar-refractivity contribution in [3.05, 3.63) is 42.0 Å². The maximum Gasteiger partial charge on any atom is 0.240 e. The summed E-state index contributed by atoms with van der Waals surface area (Å²) in [7, 11) is -3.55. The average Bonchev–Trinajstić information content (AvgIpc) is 3.09. The molecule has 0 unspecified atom stereocenters. The van der Waals surface area contributed by atoms with Crippen LogP contribution in [0.5, 0.6) is 0 Å². The molecule has 0 aliphatic carbocycles. The number of carbonyl (C=O) groups is 1. The Morgan fingerprint density at radius 1 is 1.15 bits per heavy atom. The van der Waals surface area contributed by atoms with Gasteiger partial charge in [0.1, 0.15) is 0 Å². The van der Waals surface area contributed by atoms with Crippen LogP contribution in [0, 0.1) is 0 Å². The predicted molar refractivity (Wildman–Crippen MR) is 101 cm³/mol. The van der Waals surface area contributed by atoms with E-state index in [2.05, 4.69) is 20.2 Å². The van der Waals surface area contributed by atoms with Crippen LogP contribution >= 0.6 is 0 Å². The van der Waals surface area contributed by atoms with Crippen molar-refractivity contribution in [1.82, 2.24) is 20.2 Å². The van der Waals surface area contributed by atoms with Gasteiger partial charge in [0.25, 0.3) is 0 Å². The number of hydrogen-bond acceptors (Lipinski definition) is 6. The number of nitrogens with zero attached hydrogens (tertiary/aromatic N) is 2. The van der Waals surface area contributed by atoms with Crippen molar-refractivity contribution in [2.24, 2.45) is 0 Å². The summed E-state index contributed by atoms with van der Waals surface area (Å²) in [6.45, 7) is 6.35. The van der Waals surface area contributed by atoms with Crippen molar-refractivity contribution in [1.29, 1.82) is 0 Å². The Kier molecular flexibility index (Phi) is 7.09. The molecule has 0 atom stereocenters. The van der Waals surface area contributed by atoms with Crippen LogP contribution in [0.4, 0.5) is 0 Å². The van der Waals surface area contributed by atoms with Gasteiger partial charge in [0.15, 0.2) is 5.82 Å². The highest BCUT2D eigenvalue weighted by atomic mass is 32.2. The van der Waals surface area contributed by atoms with Gasteiger partial charge in [-0.25, -0.2) is 13.1 Å². The molecule has 1 heterocycles. The van der Waals surface area contributed by atoms with Crippen molar-refractivity contribution in [3.63, 3.8) is 0 Å². The van der Waals surface area contributed by atoms with Crippen LogP contribution in [0.3, 0.4) is 0 Å². The summed E-state index contributed by atoms with van der Waals surface area (Å²) in [6.07, 6.45) is 1.41. The normalized spacial score (nSPS) is 12.1. The predicted octanol–water partition coefficient (Wildman–Crippen LogP) is 1.78. The highest BCUT2D eigenvalue weighted by molar-refractivity contribution is 7.89. The highest BCUT2D eigenvalue weighted by Crippen LogP contribution is 2.18. The van der Waals surface area contributed by atoms with E-state index >= 15 is 0 Å². The van der Waals surface area contributed by atoms with Gasteiger partial charge in [-0.15, -0.1) is 0 Å². The molecule has 0 aliphatic rings. The number of rotatable bonds is 9. The lowest BCUT2D eigenvalue weighted by Gasteiger charge is -2.10. The summed E-state index contributed by atoms with van der Waals surface area (Å²) in [4.78, 5) is 16.4. The summed E-state index contributed by atoms with van der Waals surface area (Å²) in [5, 5.41) is 6.63. The van der Waals surface area contributed by atoms with E-state index in [0.29, 0.717) is 31.0 Å². The molecule has 0 saturated heterocycles. The third-order valence-corrected chi connectivity index (χ3v) is 5.20. The first-order valence-electron chi connectivity index (χ1n) is 8.83. The van der Waals surface area contributed by atoms with Crippen LogP contribution in [-0.2, 0) is 26.7 Å². The molecule has 1 aromatic heterocycles. The SMILES string of the molecule is CC(C)(C)c1noc(CCCC(=O)NCCNS(=O)(=O)c2ccccc2)n1. The third-order valence-electron chi connectivity index (χ3n) is 3.73. The molecular formula is C18H26N4O4S. The number of aryl methyl sites for hydroxylation is 1. The van der Waals surface area contributed by atoms with Crippen LogP contribution in [-0.4, -0.2) is 37.6 Å². The third kappa shape index (κ3) is 6.76. The first-order valence-corrected chi connectivity index (χ1v) is 10.3. The number of sulfonamides is 1. The minimum absolute atomic E-state index is 0.127. The zero-order chi connectivity index (χ0) is 19.9. The quantitative estimate of drug-likeness (QED) is 0.627. The molecule has 8 nitrogen and oxygen atoms in total. The van der Waals surface area contributed by atoms with E-state index in [1.54, 1.807) is 18.2 Å². The van der Waals surface area contributed by atoms with Gasteiger partial charge in [0.05, 0.1) is 4.90 Å². The molecule has 0 spiro atoms. The molecule has 2 aromatic rings. The fourth-order valence-electron chi connectivity index (χ4n) is 2.22. The van der Waals surface area contributed by atoms with Crippen LogP contribution in [0.15, 0.2) is 39.8 Å². The van der Waals surface area contributed by atoms with Crippen molar-refractivity contribution < 1.29 is 17.7 Å². The minimum Gasteiger partial charge on any atom is -0.355 e. The lowest BCUT2D eigenvalue weighted by atomic mass is 9.96. The Morgan fingerprint density at radius 3 is 2.48 bits per heavy atom. The van der Waals surface area contributed by atoms with E-state index in [-0.39, 0.29) is 29.3 Å². The maximum absolute atomic E-state index is 12.0. The number of benzene rings is 1. The fraction of sp³-hybridized carbons (Fsp3) is 0.500. The van der Waals surface area contributed by atoms with Crippen LogP contribution in [0.1, 0.15) is 45.3 Å². The molecular weight excluding hydrogens is 368 g/mol. The van der Waals surface area contributed by atoms with Crippen molar-refractivity contribution in [3.8, 4) is 0 Å². The van der Waals surface area contributed by atoms with Gasteiger partial charge in [0, 0.05) is 31.3 Å². The molecule has 9 heteroatoms. The van der Waals surface area contributed by atoms with Gasteiger partial charge < -0.3 is 9.84 Å². The number of carbonyl (C=O) groups excluding carboxylic acids is 1. The molecule has 0 bridgehead atoms. The van der Waals surface area contributed by atoms with Crippen LogP contribution in [0.25, 0.3) is 0 Å². The lowest BCUT2D eigenvalue weighted by molar-refractivity contribution is -0.121. The highest BCUT2D eigenvalue weighted by Gasteiger charge is 2.20. The second-order valence-electron chi connectivity index (χ2n) is 7.18. The van der Waals surface area contributed by atoms with Gasteiger partial charge >= 0.3 is 0 Å². The smallest absolute Gasteiger partial charge is 0.240 e. The Morgan fingerprint density at radius 2 is 1.85 bits per heavy atom. The number of hydrogen-bond donors (Lipinski definition) is 2. The van der Waals surface area contributed by atoms with Gasteiger partial charge in [-0.05, 0) is 18.6 Å². The van der Waals surface area contributed by atoms with E-state index in [1.807, 2.05) is 20.8 Å². The standard InChI is InChI=1S/C18H26N4O4S/c1-18(2,3)17-21-16(26-22-17)11-7-10-15(23)19-12-13-20-27(24,25)14-8-5-4-6-9-14/h4-6,8-9,20H,7,10-13H2,1-3H3,(H,19,23). The van der Waals surface area contributed by atoms with Crippen molar-refractivity contribution in [2.75, 3.05) is 13.1 Å². The van der Waals surface area contributed by atoms with Gasteiger partial charge in [0.2, 0.25) is 21.8 Å². The maximum atomic E-state index is 12.0. The molecule has 2 N–H and O–H groups in total. The van der Waals surface area contributed by atoms with E-state index in [4.69, 9.17) is 4.52 Å². The lowest BCUT2D eigenvalue weighted by Crippen LogP contribution is -2.34. The second-order valence-corrected chi connectivity index (χ2v) is 8.94. The first-order chi connectivity index (χ1) is 12.7. The van der Waals surface area contributed by atoms with Crippen LogP contribution in [0.2, 0.25) is 0 Å². The molecule has 1 amide bonds. The molecule has 0 aliphatic heterocycles. The summed E-state index contributed by atoms with van der Waals surface area (Å²) in [5.41, 5.74) is -0.174. The Balaban J connectivity index is 1.65. The summed E-state index contributed by atoms with van der Waals surface area (Å²) in [6, 6.07) is 8.10. The number of nitrogens with one attached hydrogen (secondary N) is 2. The van der Waals surface area contributed by atoms with E-state index in [0.717, 1.165) is 0 Å². The molecule has 27 heavy (non-hydrogen) atoms. The molecule has 0 radical (unpaired) electrons. The van der Waals surface area contributed by atoms with E-state index in [9.17, 15) is 13.2 Å². The van der Waals surface area contributed by atoms with Crippen LogP contribution < -0.4 is 10.0 Å². The summed E-state index contributed by atoms with van der Waals surface area (Å²) in [5.74, 6) is 1.01. The first kappa shape index (κ1) is 21.0. The topological polar surface area (TPSA) is 114 Å². The van der Waals surface area contributed by atoms with Gasteiger partial charge in [-0.1, -0.05) is 44.1 Å². The summed E-state index contributed by atoms with van der Waals surface area (Å²) >= 11 is 0. The van der Waals surface area contributed by atoms with Gasteiger partial charge in [-0.3, -0.25) is 4.79 Å².